The number of nitrogens with one attached hydrogen (secondary N) is 1. The zero-order valence-corrected chi connectivity index (χ0v) is 16.7. The molecule has 1 N–H and O–H groups in total. The van der Waals surface area contributed by atoms with Crippen LogP contribution >= 0.6 is 11.3 Å². The predicted molar refractivity (Wildman–Crippen MR) is 107 cm³/mol. The number of carbonyl (C=O) groups is 1. The minimum Gasteiger partial charge on any atom is -0.381 e. The molecule has 2 aliphatic rings. The number of hydrogen-bond donors (Lipinski definition) is 1. The summed E-state index contributed by atoms with van der Waals surface area (Å²) in [4.78, 5) is 20.9. The van der Waals surface area contributed by atoms with Crippen LogP contribution < -0.4 is 5.32 Å². The van der Waals surface area contributed by atoms with Crippen molar-refractivity contribution < 1.29 is 9.53 Å². The van der Waals surface area contributed by atoms with E-state index in [1.54, 1.807) is 11.3 Å². The number of aromatic nitrogens is 1. The molecular formula is C21H27N3O2S. The molecule has 1 fully saturated rings. The minimum absolute atomic E-state index is 0.0738. The third-order valence-electron chi connectivity index (χ3n) is 5.53. The highest BCUT2D eigenvalue weighted by Gasteiger charge is 2.25. The molecule has 1 unspecified atom stereocenters. The molecule has 27 heavy (non-hydrogen) atoms. The SMILES string of the molecule is CCc1ccc(CN2CCc3c(C(=O)NCC4CCOC4)csc3C2)nc1. The van der Waals surface area contributed by atoms with Crippen molar-refractivity contribution in [2.24, 2.45) is 5.92 Å². The number of thiophene rings is 1. The lowest BCUT2D eigenvalue weighted by Gasteiger charge is -2.27. The monoisotopic (exact) mass is 385 g/mol. The molecule has 0 aromatic carbocycles. The lowest BCUT2D eigenvalue weighted by atomic mass is 10.0. The average Bonchev–Trinajstić information content (AvgIpc) is 3.36. The molecule has 2 aliphatic heterocycles. The van der Waals surface area contributed by atoms with E-state index in [0.717, 1.165) is 69.9 Å². The Morgan fingerprint density at radius 3 is 3.11 bits per heavy atom. The first-order valence-electron chi connectivity index (χ1n) is 9.84. The second-order valence-corrected chi connectivity index (χ2v) is 8.43. The first-order chi connectivity index (χ1) is 13.2. The molecule has 1 saturated heterocycles. The topological polar surface area (TPSA) is 54.5 Å². The maximum atomic E-state index is 12.6. The number of pyridine rings is 1. The van der Waals surface area contributed by atoms with Gasteiger partial charge < -0.3 is 10.1 Å². The molecule has 1 amide bonds. The molecule has 0 radical (unpaired) electrons. The van der Waals surface area contributed by atoms with Gasteiger partial charge in [-0.3, -0.25) is 14.7 Å². The lowest BCUT2D eigenvalue weighted by Crippen LogP contribution is -2.32. The fraction of sp³-hybridized carbons (Fsp3) is 0.524. The van der Waals surface area contributed by atoms with E-state index in [0.29, 0.717) is 5.92 Å². The van der Waals surface area contributed by atoms with Gasteiger partial charge in [0.05, 0.1) is 17.9 Å². The Hall–Kier alpha value is -1.76. The zero-order chi connectivity index (χ0) is 18.6. The quantitative estimate of drug-likeness (QED) is 0.830. The molecular weight excluding hydrogens is 358 g/mol. The zero-order valence-electron chi connectivity index (χ0n) is 15.9. The Balaban J connectivity index is 1.35. The number of fused-ring (bicyclic) bond motifs is 1. The van der Waals surface area contributed by atoms with E-state index < -0.39 is 0 Å². The van der Waals surface area contributed by atoms with Gasteiger partial charge in [-0.2, -0.15) is 0 Å². The molecule has 1 atom stereocenters. The van der Waals surface area contributed by atoms with Gasteiger partial charge in [-0.1, -0.05) is 13.0 Å². The highest BCUT2D eigenvalue weighted by Crippen LogP contribution is 2.29. The van der Waals surface area contributed by atoms with Gasteiger partial charge in [-0.15, -0.1) is 11.3 Å². The van der Waals surface area contributed by atoms with E-state index in [1.807, 2.05) is 11.6 Å². The van der Waals surface area contributed by atoms with Crippen molar-refractivity contribution in [1.82, 2.24) is 15.2 Å². The van der Waals surface area contributed by atoms with Crippen molar-refractivity contribution in [2.75, 3.05) is 26.3 Å². The number of ether oxygens (including phenoxy) is 1. The average molecular weight is 386 g/mol. The van der Waals surface area contributed by atoms with Crippen molar-refractivity contribution >= 4 is 17.2 Å². The summed E-state index contributed by atoms with van der Waals surface area (Å²) >= 11 is 1.71. The van der Waals surface area contributed by atoms with Crippen LogP contribution in [-0.4, -0.2) is 42.1 Å². The van der Waals surface area contributed by atoms with Crippen molar-refractivity contribution in [3.05, 3.63) is 51.0 Å². The van der Waals surface area contributed by atoms with E-state index in [-0.39, 0.29) is 5.91 Å². The third-order valence-corrected chi connectivity index (χ3v) is 6.54. The summed E-state index contributed by atoms with van der Waals surface area (Å²) in [5.41, 5.74) is 4.51. The van der Waals surface area contributed by atoms with Gasteiger partial charge >= 0.3 is 0 Å². The Labute approximate surface area is 164 Å². The maximum Gasteiger partial charge on any atom is 0.252 e. The molecule has 144 valence electrons. The van der Waals surface area contributed by atoms with Crippen molar-refractivity contribution in [3.63, 3.8) is 0 Å². The second kappa shape index (κ2) is 8.50. The number of amides is 1. The molecule has 2 aromatic heterocycles. The first-order valence-corrected chi connectivity index (χ1v) is 10.7. The standard InChI is InChI=1S/C21H27N3O2S/c1-2-15-3-4-17(22-9-15)11-24-7-5-18-19(14-27-20(18)12-24)21(25)23-10-16-6-8-26-13-16/h3-4,9,14,16H,2,5-8,10-13H2,1H3,(H,23,25). The molecule has 0 saturated carbocycles. The summed E-state index contributed by atoms with van der Waals surface area (Å²) in [6, 6.07) is 4.30. The van der Waals surface area contributed by atoms with E-state index in [4.69, 9.17) is 4.74 Å². The molecule has 4 heterocycles. The van der Waals surface area contributed by atoms with Gasteiger partial charge in [-0.25, -0.2) is 0 Å². The van der Waals surface area contributed by atoms with Gasteiger partial charge in [0.1, 0.15) is 0 Å². The molecule has 0 spiro atoms. The van der Waals surface area contributed by atoms with Crippen LogP contribution in [0.4, 0.5) is 0 Å². The van der Waals surface area contributed by atoms with E-state index >= 15 is 0 Å². The van der Waals surface area contributed by atoms with Crippen LogP contribution in [0, 0.1) is 5.92 Å². The van der Waals surface area contributed by atoms with Crippen LogP contribution in [0.3, 0.4) is 0 Å². The van der Waals surface area contributed by atoms with Gasteiger partial charge in [0.2, 0.25) is 0 Å². The highest BCUT2D eigenvalue weighted by atomic mass is 32.1. The number of carbonyl (C=O) groups excluding carboxylic acids is 1. The smallest absolute Gasteiger partial charge is 0.252 e. The van der Waals surface area contributed by atoms with Crippen molar-refractivity contribution in [1.29, 1.82) is 0 Å². The van der Waals surface area contributed by atoms with E-state index in [9.17, 15) is 4.79 Å². The summed E-state index contributed by atoms with van der Waals surface area (Å²) in [7, 11) is 0. The third kappa shape index (κ3) is 4.39. The number of nitrogens with zero attached hydrogens (tertiary/aromatic N) is 2. The molecule has 4 rings (SSSR count). The normalized spacial score (nSPS) is 19.8. The molecule has 5 nitrogen and oxygen atoms in total. The summed E-state index contributed by atoms with van der Waals surface area (Å²) in [6.07, 6.45) is 4.98. The Kier molecular flexibility index (Phi) is 5.86. The van der Waals surface area contributed by atoms with Crippen LogP contribution in [0.5, 0.6) is 0 Å². The largest absolute Gasteiger partial charge is 0.381 e. The maximum absolute atomic E-state index is 12.6. The Morgan fingerprint density at radius 2 is 2.37 bits per heavy atom. The summed E-state index contributed by atoms with van der Waals surface area (Å²) in [6.45, 7) is 7.19. The van der Waals surface area contributed by atoms with Crippen LogP contribution in [0.25, 0.3) is 0 Å². The summed E-state index contributed by atoms with van der Waals surface area (Å²) in [5.74, 6) is 0.537. The molecule has 2 aromatic rings. The first kappa shape index (κ1) is 18.6. The van der Waals surface area contributed by atoms with Crippen molar-refractivity contribution in [2.45, 2.75) is 39.3 Å². The minimum atomic E-state index is 0.0738. The van der Waals surface area contributed by atoms with Gasteiger partial charge in [-0.05, 0) is 36.5 Å². The van der Waals surface area contributed by atoms with Crippen LogP contribution in [0.15, 0.2) is 23.7 Å². The van der Waals surface area contributed by atoms with E-state index in [1.165, 1.54) is 16.0 Å². The van der Waals surface area contributed by atoms with Crippen molar-refractivity contribution in [3.8, 4) is 0 Å². The fourth-order valence-electron chi connectivity index (χ4n) is 3.77. The lowest BCUT2D eigenvalue weighted by molar-refractivity contribution is 0.0943. The molecule has 0 aliphatic carbocycles. The van der Waals surface area contributed by atoms with Crippen LogP contribution in [0.1, 0.15) is 45.4 Å². The Morgan fingerprint density at radius 1 is 1.44 bits per heavy atom. The number of rotatable bonds is 6. The molecule has 0 bridgehead atoms. The predicted octanol–water partition coefficient (Wildman–Crippen LogP) is 3.03. The highest BCUT2D eigenvalue weighted by molar-refractivity contribution is 7.10. The summed E-state index contributed by atoms with van der Waals surface area (Å²) < 4.78 is 5.38. The van der Waals surface area contributed by atoms with Gasteiger partial charge in [0.25, 0.3) is 5.91 Å². The fourth-order valence-corrected chi connectivity index (χ4v) is 4.89. The Bertz CT molecular complexity index is 781. The summed E-state index contributed by atoms with van der Waals surface area (Å²) in [5, 5.41) is 5.13. The number of aryl methyl sites for hydroxylation is 1. The van der Waals surface area contributed by atoms with Gasteiger partial charge in [0, 0.05) is 55.2 Å². The molecule has 6 heteroatoms. The van der Waals surface area contributed by atoms with Gasteiger partial charge in [0.15, 0.2) is 0 Å². The number of hydrogen-bond acceptors (Lipinski definition) is 5. The van der Waals surface area contributed by atoms with Crippen LogP contribution in [0.2, 0.25) is 0 Å². The van der Waals surface area contributed by atoms with Crippen LogP contribution in [-0.2, 0) is 30.7 Å². The second-order valence-electron chi connectivity index (χ2n) is 7.46. The van der Waals surface area contributed by atoms with E-state index in [2.05, 4.69) is 34.3 Å².